The molecule has 94 valence electrons. The second kappa shape index (κ2) is 5.06. The molecule has 0 unspecified atom stereocenters. The van der Waals surface area contributed by atoms with Crippen molar-refractivity contribution in [1.82, 2.24) is 14.7 Å². The van der Waals surface area contributed by atoms with E-state index < -0.39 is 11.5 Å². The van der Waals surface area contributed by atoms with Crippen molar-refractivity contribution < 1.29 is 9.90 Å². The molecule has 1 aliphatic heterocycles. The summed E-state index contributed by atoms with van der Waals surface area (Å²) in [5.41, 5.74) is 0. The molecule has 1 fully saturated rings. The molecule has 2 rings (SSSR count). The molecular formula is C11H16ClN3O2. The number of halogens is 1. The molecule has 17 heavy (non-hydrogen) atoms. The molecule has 0 bridgehead atoms. The molecule has 1 amide bonds. The lowest BCUT2D eigenvalue weighted by Gasteiger charge is -2.18. The predicted molar refractivity (Wildman–Crippen MR) is 63.8 cm³/mol. The number of aliphatic hydroxyl groups is 1. The van der Waals surface area contributed by atoms with Gasteiger partial charge in [0.05, 0.1) is 12.1 Å². The summed E-state index contributed by atoms with van der Waals surface area (Å²) in [5.74, 6) is -0.108. The highest BCUT2D eigenvalue weighted by molar-refractivity contribution is 6.30. The molecule has 3 atom stereocenters. The number of β-amino-alcohol motifs (C(OH)–C–C–N with tert-alkyl or cyclic N) is 1. The lowest BCUT2D eigenvalue weighted by atomic mass is 10.2. The number of carbonyl (C=O) groups excluding carboxylic acids is 1. The van der Waals surface area contributed by atoms with E-state index in [0.29, 0.717) is 19.5 Å². The molecule has 6 heteroatoms. The minimum atomic E-state index is -0.584. The monoisotopic (exact) mass is 257 g/mol. The van der Waals surface area contributed by atoms with Crippen molar-refractivity contribution in [3.8, 4) is 0 Å². The van der Waals surface area contributed by atoms with E-state index in [1.165, 1.54) is 0 Å². The van der Waals surface area contributed by atoms with E-state index in [2.05, 4.69) is 5.10 Å². The van der Waals surface area contributed by atoms with Crippen LogP contribution in [0.1, 0.15) is 19.4 Å². The summed E-state index contributed by atoms with van der Waals surface area (Å²) in [4.78, 5) is 13.5. The number of rotatable bonds is 3. The largest absolute Gasteiger partial charge is 0.389 e. The van der Waals surface area contributed by atoms with Crippen LogP contribution in [-0.4, -0.2) is 50.3 Å². The van der Waals surface area contributed by atoms with Crippen LogP contribution in [0.15, 0.2) is 18.5 Å². The van der Waals surface area contributed by atoms with Gasteiger partial charge in [-0.25, -0.2) is 0 Å². The second-order valence-corrected chi connectivity index (χ2v) is 4.77. The van der Waals surface area contributed by atoms with Crippen molar-refractivity contribution in [2.75, 3.05) is 13.1 Å². The summed E-state index contributed by atoms with van der Waals surface area (Å²) >= 11 is 5.92. The van der Waals surface area contributed by atoms with Crippen LogP contribution in [0.5, 0.6) is 0 Å². The average molecular weight is 258 g/mol. The number of hydrogen-bond acceptors (Lipinski definition) is 3. The maximum absolute atomic E-state index is 11.9. The van der Waals surface area contributed by atoms with Crippen LogP contribution < -0.4 is 0 Å². The zero-order valence-corrected chi connectivity index (χ0v) is 10.4. The Kier molecular flexibility index (Phi) is 3.69. The number of likely N-dealkylation sites (tertiary alicyclic amines) is 1. The molecule has 0 aliphatic carbocycles. The summed E-state index contributed by atoms with van der Waals surface area (Å²) in [7, 11) is 0. The van der Waals surface area contributed by atoms with Gasteiger partial charge in [-0.3, -0.25) is 9.48 Å². The Morgan fingerprint density at radius 1 is 1.65 bits per heavy atom. The summed E-state index contributed by atoms with van der Waals surface area (Å²) in [6, 6.07) is 1.63. The second-order valence-electron chi connectivity index (χ2n) is 4.24. The Hall–Kier alpha value is -1.07. The SMILES string of the molecule is CC[C@H](Cl)C(=O)N1C[C@H](O)[C@@H](n2cccn2)C1. The fourth-order valence-electron chi connectivity index (χ4n) is 2.06. The summed E-state index contributed by atoms with van der Waals surface area (Å²) in [6.07, 6.45) is 3.46. The minimum Gasteiger partial charge on any atom is -0.389 e. The third-order valence-electron chi connectivity index (χ3n) is 3.06. The molecule has 1 aromatic rings. The molecule has 1 N–H and O–H groups in total. The maximum atomic E-state index is 11.9. The molecular weight excluding hydrogens is 242 g/mol. The van der Waals surface area contributed by atoms with Crippen LogP contribution >= 0.6 is 11.6 Å². The first-order valence-corrected chi connectivity index (χ1v) is 6.17. The van der Waals surface area contributed by atoms with Crippen molar-refractivity contribution in [3.05, 3.63) is 18.5 Å². The van der Waals surface area contributed by atoms with Gasteiger partial charge in [-0.1, -0.05) is 6.92 Å². The fraction of sp³-hybridized carbons (Fsp3) is 0.636. The molecule has 1 aromatic heterocycles. The van der Waals surface area contributed by atoms with Gasteiger partial charge in [-0.2, -0.15) is 5.10 Å². The molecule has 0 radical (unpaired) electrons. The number of aliphatic hydroxyl groups excluding tert-OH is 1. The highest BCUT2D eigenvalue weighted by Gasteiger charge is 2.36. The van der Waals surface area contributed by atoms with Gasteiger partial charge in [-0.15, -0.1) is 11.6 Å². The fourth-order valence-corrected chi connectivity index (χ4v) is 2.20. The van der Waals surface area contributed by atoms with E-state index in [0.717, 1.165) is 0 Å². The minimum absolute atomic E-state index is 0.108. The molecule has 0 spiro atoms. The number of carbonyl (C=O) groups is 1. The third kappa shape index (κ3) is 2.45. The Morgan fingerprint density at radius 2 is 2.41 bits per heavy atom. The number of nitrogens with zero attached hydrogens (tertiary/aromatic N) is 3. The Balaban J connectivity index is 2.05. The van der Waals surface area contributed by atoms with Gasteiger partial charge in [0.15, 0.2) is 0 Å². The summed E-state index contributed by atoms with van der Waals surface area (Å²) < 4.78 is 1.69. The van der Waals surface area contributed by atoms with Crippen LogP contribution in [-0.2, 0) is 4.79 Å². The van der Waals surface area contributed by atoms with Gasteiger partial charge in [0, 0.05) is 25.5 Å². The molecule has 0 aromatic carbocycles. The maximum Gasteiger partial charge on any atom is 0.240 e. The van der Waals surface area contributed by atoms with Gasteiger partial charge in [0.1, 0.15) is 5.38 Å². The quantitative estimate of drug-likeness (QED) is 0.809. The molecule has 1 aliphatic rings. The lowest BCUT2D eigenvalue weighted by Crippen LogP contribution is -2.35. The molecule has 1 saturated heterocycles. The van der Waals surface area contributed by atoms with Crippen LogP contribution in [0.3, 0.4) is 0 Å². The van der Waals surface area contributed by atoms with Gasteiger partial charge < -0.3 is 10.0 Å². The van der Waals surface area contributed by atoms with Gasteiger partial charge in [0.2, 0.25) is 5.91 Å². The average Bonchev–Trinajstić information content (AvgIpc) is 2.95. The summed E-state index contributed by atoms with van der Waals surface area (Å²) in [5, 5.41) is 13.5. The zero-order chi connectivity index (χ0) is 12.4. The molecule has 0 saturated carbocycles. The zero-order valence-electron chi connectivity index (χ0n) is 9.66. The van der Waals surface area contributed by atoms with Gasteiger partial charge in [0.25, 0.3) is 0 Å². The standard InChI is InChI=1S/C11H16ClN3O2/c1-2-8(12)11(17)14-6-9(10(16)7-14)15-5-3-4-13-15/h3-5,8-10,16H,2,6-7H2,1H3/t8-,9-,10-/m0/s1. The van der Waals surface area contributed by atoms with Crippen molar-refractivity contribution in [1.29, 1.82) is 0 Å². The topological polar surface area (TPSA) is 58.4 Å². The van der Waals surface area contributed by atoms with Crippen molar-refractivity contribution in [3.63, 3.8) is 0 Å². The van der Waals surface area contributed by atoms with Crippen molar-refractivity contribution in [2.45, 2.75) is 30.9 Å². The first kappa shape index (κ1) is 12.4. The number of aromatic nitrogens is 2. The predicted octanol–water partition coefficient (Wildman–Crippen LogP) is 0.645. The van der Waals surface area contributed by atoms with Crippen LogP contribution in [0.2, 0.25) is 0 Å². The van der Waals surface area contributed by atoms with E-state index in [-0.39, 0.29) is 11.9 Å². The highest BCUT2D eigenvalue weighted by atomic mass is 35.5. The summed E-state index contributed by atoms with van der Waals surface area (Å²) in [6.45, 7) is 2.66. The number of hydrogen-bond donors (Lipinski definition) is 1. The van der Waals surface area contributed by atoms with Gasteiger partial charge >= 0.3 is 0 Å². The van der Waals surface area contributed by atoms with Crippen LogP contribution in [0.25, 0.3) is 0 Å². The normalized spacial score (nSPS) is 26.2. The van der Waals surface area contributed by atoms with E-state index >= 15 is 0 Å². The Labute approximate surface area is 105 Å². The molecule has 5 nitrogen and oxygen atoms in total. The van der Waals surface area contributed by atoms with Gasteiger partial charge in [-0.05, 0) is 12.5 Å². The Morgan fingerprint density at radius 3 is 3.00 bits per heavy atom. The number of alkyl halides is 1. The Bertz CT molecular complexity index is 382. The highest BCUT2D eigenvalue weighted by Crippen LogP contribution is 2.23. The van der Waals surface area contributed by atoms with E-state index in [9.17, 15) is 9.90 Å². The molecule has 2 heterocycles. The van der Waals surface area contributed by atoms with Crippen LogP contribution in [0.4, 0.5) is 0 Å². The first-order chi connectivity index (χ1) is 8.13. The van der Waals surface area contributed by atoms with Crippen molar-refractivity contribution >= 4 is 17.5 Å². The number of amides is 1. The van der Waals surface area contributed by atoms with Crippen molar-refractivity contribution in [2.24, 2.45) is 0 Å². The van der Waals surface area contributed by atoms with E-state index in [4.69, 9.17) is 11.6 Å². The third-order valence-corrected chi connectivity index (χ3v) is 3.56. The lowest BCUT2D eigenvalue weighted by molar-refractivity contribution is -0.130. The van der Waals surface area contributed by atoms with Crippen LogP contribution in [0, 0.1) is 0 Å². The first-order valence-electron chi connectivity index (χ1n) is 5.73. The van der Waals surface area contributed by atoms with E-state index in [1.807, 2.05) is 6.92 Å². The smallest absolute Gasteiger partial charge is 0.240 e. The van der Waals surface area contributed by atoms with E-state index in [1.54, 1.807) is 28.0 Å².